The molecule has 0 aromatic carbocycles. The van der Waals surface area contributed by atoms with E-state index in [1.54, 1.807) is 0 Å². The van der Waals surface area contributed by atoms with Gasteiger partial charge in [-0.3, -0.25) is 14.4 Å². The number of fused-ring (bicyclic) bond motifs is 5. The summed E-state index contributed by atoms with van der Waals surface area (Å²) in [7, 11) is 0. The van der Waals surface area contributed by atoms with Crippen molar-refractivity contribution < 1.29 is 19.5 Å². The van der Waals surface area contributed by atoms with Gasteiger partial charge < -0.3 is 5.11 Å². The largest absolute Gasteiger partial charge is 0.481 e. The van der Waals surface area contributed by atoms with E-state index in [-0.39, 0.29) is 23.0 Å². The minimum atomic E-state index is -0.771. The fourth-order valence-corrected chi connectivity index (χ4v) is 7.59. The third-order valence-corrected chi connectivity index (χ3v) is 8.97. The SMILES string of the molecule is CC1(C)C(=O)CCC2(C(=O)O)C3CCC4(C)C(=O)CCC4C3CCC12. The quantitative estimate of drug-likeness (QED) is 0.782. The second-order valence-electron chi connectivity index (χ2n) is 9.92. The minimum absolute atomic E-state index is 0.0681. The molecule has 4 fully saturated rings. The first-order valence-corrected chi connectivity index (χ1v) is 9.95. The molecule has 4 nitrogen and oxygen atoms in total. The standard InChI is InChI=1S/C21H30O4/c1-19(2)15-6-4-12-13-5-7-17(23)20(13,3)10-8-14(12)21(15,18(24)25)11-9-16(19)22/h12-15H,4-11H2,1-3H3,(H,24,25). The Hall–Kier alpha value is -1.19. The van der Waals surface area contributed by atoms with Crippen molar-refractivity contribution in [1.29, 1.82) is 0 Å². The van der Waals surface area contributed by atoms with Crippen LogP contribution in [-0.2, 0) is 14.4 Å². The van der Waals surface area contributed by atoms with E-state index >= 15 is 0 Å². The van der Waals surface area contributed by atoms with Crippen LogP contribution in [-0.4, -0.2) is 22.6 Å². The number of carboxylic acids is 1. The van der Waals surface area contributed by atoms with E-state index in [1.165, 1.54) is 0 Å². The molecule has 4 rings (SSSR count). The molecule has 0 aromatic heterocycles. The molecule has 0 spiro atoms. The number of carbonyl (C=O) groups excluding carboxylic acids is 2. The molecule has 0 aromatic rings. The smallest absolute Gasteiger partial charge is 0.310 e. The maximum Gasteiger partial charge on any atom is 0.310 e. The van der Waals surface area contributed by atoms with Crippen LogP contribution in [0.5, 0.6) is 0 Å². The van der Waals surface area contributed by atoms with Crippen molar-refractivity contribution >= 4 is 17.5 Å². The van der Waals surface area contributed by atoms with E-state index in [1.807, 2.05) is 13.8 Å². The monoisotopic (exact) mass is 346 g/mol. The van der Waals surface area contributed by atoms with Crippen LogP contribution in [0.4, 0.5) is 0 Å². The molecule has 25 heavy (non-hydrogen) atoms. The molecular formula is C21H30O4. The molecule has 6 unspecified atom stereocenters. The first-order valence-electron chi connectivity index (χ1n) is 9.95. The number of hydrogen-bond acceptors (Lipinski definition) is 3. The second-order valence-corrected chi connectivity index (χ2v) is 9.92. The van der Waals surface area contributed by atoms with E-state index < -0.39 is 16.8 Å². The van der Waals surface area contributed by atoms with Gasteiger partial charge in [0.2, 0.25) is 0 Å². The van der Waals surface area contributed by atoms with Gasteiger partial charge in [-0.25, -0.2) is 0 Å². The molecule has 1 N–H and O–H groups in total. The molecule has 0 bridgehead atoms. The molecule has 4 aliphatic rings. The zero-order valence-corrected chi connectivity index (χ0v) is 15.6. The highest BCUT2D eigenvalue weighted by Gasteiger charge is 2.67. The predicted octanol–water partition coefficient (Wildman–Crippen LogP) is 3.87. The number of carboxylic acid groups (broad SMARTS) is 1. The van der Waals surface area contributed by atoms with Gasteiger partial charge in [-0.15, -0.1) is 0 Å². The zero-order chi connectivity index (χ0) is 18.2. The lowest BCUT2D eigenvalue weighted by molar-refractivity contribution is -0.191. The number of rotatable bonds is 1. The minimum Gasteiger partial charge on any atom is -0.481 e. The highest BCUT2D eigenvalue weighted by molar-refractivity contribution is 5.90. The maximum atomic E-state index is 12.6. The topological polar surface area (TPSA) is 71.4 Å². The molecular weight excluding hydrogens is 316 g/mol. The van der Waals surface area contributed by atoms with Crippen LogP contribution in [0.1, 0.15) is 72.1 Å². The van der Waals surface area contributed by atoms with Gasteiger partial charge in [0.1, 0.15) is 11.6 Å². The lowest BCUT2D eigenvalue weighted by Gasteiger charge is -2.61. The second kappa shape index (κ2) is 5.17. The van der Waals surface area contributed by atoms with Gasteiger partial charge in [-0.2, -0.15) is 0 Å². The molecule has 4 saturated carbocycles. The first-order chi connectivity index (χ1) is 11.7. The predicted molar refractivity (Wildman–Crippen MR) is 92.9 cm³/mol. The Labute approximate surface area is 149 Å². The Kier molecular flexibility index (Phi) is 3.56. The van der Waals surface area contributed by atoms with Crippen molar-refractivity contribution in [3.8, 4) is 0 Å². The van der Waals surface area contributed by atoms with Crippen molar-refractivity contribution in [2.75, 3.05) is 0 Å². The van der Waals surface area contributed by atoms with Crippen molar-refractivity contribution in [3.05, 3.63) is 0 Å². The van der Waals surface area contributed by atoms with Crippen LogP contribution in [0.25, 0.3) is 0 Å². The van der Waals surface area contributed by atoms with E-state index in [2.05, 4.69) is 6.92 Å². The molecule has 0 saturated heterocycles. The van der Waals surface area contributed by atoms with Gasteiger partial charge in [-0.1, -0.05) is 20.8 Å². The molecule has 4 aliphatic carbocycles. The summed E-state index contributed by atoms with van der Waals surface area (Å²) in [4.78, 5) is 37.6. The molecule has 4 heteroatoms. The molecule has 0 heterocycles. The molecule has 0 amide bonds. The van der Waals surface area contributed by atoms with Gasteiger partial charge in [-0.05, 0) is 62.2 Å². The lowest BCUT2D eigenvalue weighted by atomic mass is 9.41. The van der Waals surface area contributed by atoms with Crippen molar-refractivity contribution in [2.24, 2.45) is 39.9 Å². The number of carbonyl (C=O) groups is 3. The fourth-order valence-electron chi connectivity index (χ4n) is 7.59. The van der Waals surface area contributed by atoms with Gasteiger partial charge >= 0.3 is 5.97 Å². The normalized spacial score (nSPS) is 48.4. The van der Waals surface area contributed by atoms with E-state index in [0.717, 1.165) is 32.1 Å². The Morgan fingerprint density at radius 1 is 0.920 bits per heavy atom. The summed E-state index contributed by atoms with van der Waals surface area (Å²) in [5.74, 6) is 0.659. The Balaban J connectivity index is 1.77. The average Bonchev–Trinajstić information content (AvgIpc) is 2.86. The van der Waals surface area contributed by atoms with E-state index in [4.69, 9.17) is 0 Å². The zero-order valence-electron chi connectivity index (χ0n) is 15.6. The van der Waals surface area contributed by atoms with Crippen LogP contribution >= 0.6 is 0 Å². The van der Waals surface area contributed by atoms with Gasteiger partial charge in [0.25, 0.3) is 0 Å². The fraction of sp³-hybridized carbons (Fsp3) is 0.857. The van der Waals surface area contributed by atoms with Crippen LogP contribution < -0.4 is 0 Å². The number of Topliss-reactive ketones (excluding diaryl/α,β-unsaturated/α-hetero) is 2. The maximum absolute atomic E-state index is 12.6. The van der Waals surface area contributed by atoms with E-state index in [9.17, 15) is 19.5 Å². The molecule has 138 valence electrons. The summed E-state index contributed by atoms with van der Waals surface area (Å²) in [5.41, 5.74) is -1.55. The average molecular weight is 346 g/mol. The number of hydrogen-bond donors (Lipinski definition) is 1. The van der Waals surface area contributed by atoms with Gasteiger partial charge in [0.05, 0.1) is 5.41 Å². The molecule has 0 aliphatic heterocycles. The summed E-state index contributed by atoms with van der Waals surface area (Å²) in [5, 5.41) is 10.4. The number of aliphatic carboxylic acids is 1. The van der Waals surface area contributed by atoms with Crippen LogP contribution in [0, 0.1) is 39.9 Å². The highest BCUT2D eigenvalue weighted by atomic mass is 16.4. The summed E-state index contributed by atoms with van der Waals surface area (Å²) in [6, 6.07) is 0. The molecule has 0 radical (unpaired) electrons. The van der Waals surface area contributed by atoms with Crippen LogP contribution in [0.2, 0.25) is 0 Å². The third-order valence-electron chi connectivity index (χ3n) is 8.97. The first kappa shape index (κ1) is 17.2. The summed E-state index contributed by atoms with van der Waals surface area (Å²) in [6.07, 6.45) is 5.93. The van der Waals surface area contributed by atoms with Crippen LogP contribution in [0.15, 0.2) is 0 Å². The lowest BCUT2D eigenvalue weighted by Crippen LogP contribution is -2.62. The third kappa shape index (κ3) is 1.97. The van der Waals surface area contributed by atoms with Crippen LogP contribution in [0.3, 0.4) is 0 Å². The molecule has 6 atom stereocenters. The van der Waals surface area contributed by atoms with Crippen molar-refractivity contribution in [2.45, 2.75) is 72.1 Å². The summed E-state index contributed by atoms with van der Waals surface area (Å²) < 4.78 is 0. The summed E-state index contributed by atoms with van der Waals surface area (Å²) >= 11 is 0. The highest BCUT2D eigenvalue weighted by Crippen LogP contribution is 2.67. The van der Waals surface area contributed by atoms with Crippen molar-refractivity contribution in [1.82, 2.24) is 0 Å². The van der Waals surface area contributed by atoms with Crippen molar-refractivity contribution in [3.63, 3.8) is 0 Å². The Bertz CT molecular complexity index is 650. The van der Waals surface area contributed by atoms with E-state index in [0.29, 0.717) is 36.9 Å². The summed E-state index contributed by atoms with van der Waals surface area (Å²) in [6.45, 7) is 6.05. The van der Waals surface area contributed by atoms with Gasteiger partial charge in [0.15, 0.2) is 0 Å². The Morgan fingerprint density at radius 2 is 1.64 bits per heavy atom. The van der Waals surface area contributed by atoms with Gasteiger partial charge in [0, 0.05) is 23.7 Å². The Morgan fingerprint density at radius 3 is 2.32 bits per heavy atom. The number of ketones is 2.